The van der Waals surface area contributed by atoms with Gasteiger partial charge in [-0.1, -0.05) is 0 Å². The highest BCUT2D eigenvalue weighted by atomic mass is 16.5. The van der Waals surface area contributed by atoms with Crippen molar-refractivity contribution in [2.75, 3.05) is 20.2 Å². The van der Waals surface area contributed by atoms with Crippen LogP contribution in [-0.2, 0) is 4.74 Å². The second-order valence-electron chi connectivity index (χ2n) is 4.24. The first-order valence-electron chi connectivity index (χ1n) is 4.94. The van der Waals surface area contributed by atoms with Crippen LogP contribution in [0.25, 0.3) is 0 Å². The molecule has 2 rings (SSSR count). The normalized spacial score (nSPS) is 35.1. The molecular formula is C10H14N2O2. The summed E-state index contributed by atoms with van der Waals surface area (Å²) in [6.07, 6.45) is 2.77. The van der Waals surface area contributed by atoms with Gasteiger partial charge in [-0.15, -0.1) is 0 Å². The Bertz CT molecular complexity index is 297. The van der Waals surface area contributed by atoms with Crippen molar-refractivity contribution >= 4 is 6.09 Å². The van der Waals surface area contributed by atoms with E-state index in [1.807, 2.05) is 0 Å². The van der Waals surface area contributed by atoms with Crippen molar-refractivity contribution in [1.82, 2.24) is 4.90 Å². The summed E-state index contributed by atoms with van der Waals surface area (Å²) in [5.41, 5.74) is 0.112. The van der Waals surface area contributed by atoms with Crippen molar-refractivity contribution in [3.63, 3.8) is 0 Å². The molecule has 1 heterocycles. The van der Waals surface area contributed by atoms with Crippen molar-refractivity contribution < 1.29 is 9.53 Å². The van der Waals surface area contributed by atoms with E-state index in [-0.39, 0.29) is 17.4 Å². The molecule has 0 aromatic heterocycles. The van der Waals surface area contributed by atoms with Gasteiger partial charge >= 0.3 is 6.09 Å². The molecule has 0 aromatic carbocycles. The highest BCUT2D eigenvalue weighted by Gasteiger charge is 2.56. The van der Waals surface area contributed by atoms with Crippen LogP contribution in [-0.4, -0.2) is 31.2 Å². The van der Waals surface area contributed by atoms with Crippen LogP contribution in [0.4, 0.5) is 4.79 Å². The lowest BCUT2D eigenvalue weighted by Crippen LogP contribution is -2.41. The van der Waals surface area contributed by atoms with Crippen LogP contribution in [0.5, 0.6) is 0 Å². The Balaban J connectivity index is 2.00. The zero-order valence-corrected chi connectivity index (χ0v) is 8.32. The average Bonchev–Trinajstić information content (AvgIpc) is 2.90. The Morgan fingerprint density at radius 1 is 1.71 bits per heavy atom. The molecular weight excluding hydrogens is 180 g/mol. The zero-order valence-electron chi connectivity index (χ0n) is 8.32. The second kappa shape index (κ2) is 3.16. The molecule has 1 aliphatic heterocycles. The monoisotopic (exact) mass is 194 g/mol. The van der Waals surface area contributed by atoms with E-state index in [1.54, 1.807) is 4.90 Å². The van der Waals surface area contributed by atoms with Gasteiger partial charge in [-0.05, 0) is 19.3 Å². The van der Waals surface area contributed by atoms with Crippen molar-refractivity contribution in [2.24, 2.45) is 11.3 Å². The molecule has 0 bridgehead atoms. The van der Waals surface area contributed by atoms with E-state index in [2.05, 4.69) is 10.8 Å². The predicted molar refractivity (Wildman–Crippen MR) is 49.4 cm³/mol. The summed E-state index contributed by atoms with van der Waals surface area (Å²) in [4.78, 5) is 13.0. The van der Waals surface area contributed by atoms with Crippen LogP contribution in [0.1, 0.15) is 19.3 Å². The van der Waals surface area contributed by atoms with Crippen molar-refractivity contribution in [3.05, 3.63) is 0 Å². The summed E-state index contributed by atoms with van der Waals surface area (Å²) in [6, 6.07) is 2.30. The minimum Gasteiger partial charge on any atom is -0.453 e. The van der Waals surface area contributed by atoms with Crippen LogP contribution in [0.3, 0.4) is 0 Å². The molecule has 14 heavy (non-hydrogen) atoms. The number of carbonyl (C=O) groups is 1. The maximum atomic E-state index is 11.3. The highest BCUT2D eigenvalue weighted by Crippen LogP contribution is 2.57. The Kier molecular flexibility index (Phi) is 2.10. The van der Waals surface area contributed by atoms with Gasteiger partial charge in [-0.3, -0.25) is 0 Å². The Hall–Kier alpha value is -1.24. The summed E-state index contributed by atoms with van der Waals surface area (Å²) in [7, 11) is 1.40. The number of carbonyl (C=O) groups excluding carboxylic acids is 1. The average molecular weight is 194 g/mol. The van der Waals surface area contributed by atoms with Gasteiger partial charge in [0, 0.05) is 18.5 Å². The third-order valence-corrected chi connectivity index (χ3v) is 3.39. The SMILES string of the molecule is COC(=O)N1CCCC2(CC2C#N)C1. The van der Waals surface area contributed by atoms with Gasteiger partial charge in [0.2, 0.25) is 0 Å². The Morgan fingerprint density at radius 2 is 2.50 bits per heavy atom. The van der Waals surface area contributed by atoms with Crippen LogP contribution < -0.4 is 0 Å². The molecule has 0 aromatic rings. The number of nitrogens with zero attached hydrogens (tertiary/aromatic N) is 2. The standard InChI is InChI=1S/C10H14N2O2/c1-14-9(13)12-4-2-3-10(7-12)5-8(10)6-11/h8H,2-5,7H2,1H3. The fraction of sp³-hybridized carbons (Fsp3) is 0.800. The molecule has 2 unspecified atom stereocenters. The van der Waals surface area contributed by atoms with E-state index in [0.717, 1.165) is 25.8 Å². The van der Waals surface area contributed by atoms with Gasteiger partial charge in [-0.25, -0.2) is 4.79 Å². The fourth-order valence-electron chi connectivity index (χ4n) is 2.43. The molecule has 2 atom stereocenters. The second-order valence-corrected chi connectivity index (χ2v) is 4.24. The lowest BCUT2D eigenvalue weighted by atomic mass is 9.93. The molecule has 0 radical (unpaired) electrons. The summed E-state index contributed by atoms with van der Waals surface area (Å²) in [5.74, 6) is 0.162. The van der Waals surface area contributed by atoms with Gasteiger partial charge in [0.1, 0.15) is 0 Å². The molecule has 1 saturated carbocycles. The predicted octanol–water partition coefficient (Wildman–Crippen LogP) is 1.38. The van der Waals surface area contributed by atoms with Gasteiger partial charge in [0.25, 0.3) is 0 Å². The largest absolute Gasteiger partial charge is 0.453 e. The molecule has 4 nitrogen and oxygen atoms in total. The molecule has 76 valence electrons. The fourth-order valence-corrected chi connectivity index (χ4v) is 2.43. The molecule has 1 amide bonds. The quantitative estimate of drug-likeness (QED) is 0.585. The Morgan fingerprint density at radius 3 is 3.07 bits per heavy atom. The molecule has 1 spiro atoms. The topological polar surface area (TPSA) is 53.3 Å². The smallest absolute Gasteiger partial charge is 0.409 e. The first-order chi connectivity index (χ1) is 6.72. The number of amides is 1. The van der Waals surface area contributed by atoms with E-state index in [4.69, 9.17) is 5.26 Å². The lowest BCUT2D eigenvalue weighted by molar-refractivity contribution is 0.0957. The van der Waals surface area contributed by atoms with Gasteiger partial charge < -0.3 is 9.64 Å². The first-order valence-corrected chi connectivity index (χ1v) is 4.94. The van der Waals surface area contributed by atoms with E-state index < -0.39 is 0 Å². The summed E-state index contributed by atoms with van der Waals surface area (Å²) >= 11 is 0. The van der Waals surface area contributed by atoms with Crippen LogP contribution in [0.2, 0.25) is 0 Å². The van der Waals surface area contributed by atoms with Crippen LogP contribution >= 0.6 is 0 Å². The molecule has 2 fully saturated rings. The number of nitriles is 1. The maximum absolute atomic E-state index is 11.3. The van der Waals surface area contributed by atoms with E-state index in [9.17, 15) is 4.79 Å². The van der Waals surface area contributed by atoms with Gasteiger partial charge in [0.05, 0.1) is 19.1 Å². The molecule has 0 N–H and O–H groups in total. The van der Waals surface area contributed by atoms with Gasteiger partial charge in [0.15, 0.2) is 0 Å². The zero-order chi connectivity index (χ0) is 10.2. The number of rotatable bonds is 0. The molecule has 1 saturated heterocycles. The number of ether oxygens (including phenoxy) is 1. The van der Waals surface area contributed by atoms with Crippen molar-refractivity contribution in [2.45, 2.75) is 19.3 Å². The molecule has 4 heteroatoms. The number of hydrogen-bond acceptors (Lipinski definition) is 3. The minimum absolute atomic E-state index is 0.112. The number of hydrogen-bond donors (Lipinski definition) is 0. The highest BCUT2D eigenvalue weighted by molar-refractivity contribution is 5.67. The molecule has 2 aliphatic rings. The van der Waals surface area contributed by atoms with Crippen LogP contribution in [0.15, 0.2) is 0 Å². The van der Waals surface area contributed by atoms with Crippen LogP contribution in [0, 0.1) is 22.7 Å². The lowest BCUT2D eigenvalue weighted by Gasteiger charge is -2.31. The summed E-state index contributed by atoms with van der Waals surface area (Å²) in [6.45, 7) is 1.48. The molecule has 1 aliphatic carbocycles. The van der Waals surface area contributed by atoms with E-state index in [1.165, 1.54) is 7.11 Å². The third-order valence-electron chi connectivity index (χ3n) is 3.39. The minimum atomic E-state index is -0.257. The summed E-state index contributed by atoms with van der Waals surface area (Å²) in [5, 5.41) is 8.82. The maximum Gasteiger partial charge on any atom is 0.409 e. The number of piperidine rings is 1. The summed E-state index contributed by atoms with van der Waals surface area (Å²) < 4.78 is 4.68. The number of methoxy groups -OCH3 is 1. The Labute approximate surface area is 83.4 Å². The van der Waals surface area contributed by atoms with E-state index in [0.29, 0.717) is 6.54 Å². The van der Waals surface area contributed by atoms with E-state index >= 15 is 0 Å². The van der Waals surface area contributed by atoms with Crippen molar-refractivity contribution in [3.8, 4) is 6.07 Å². The third kappa shape index (κ3) is 1.33. The van der Waals surface area contributed by atoms with Crippen molar-refractivity contribution in [1.29, 1.82) is 5.26 Å². The number of likely N-dealkylation sites (tertiary alicyclic amines) is 1. The van der Waals surface area contributed by atoms with Gasteiger partial charge in [-0.2, -0.15) is 5.26 Å². The first kappa shape index (κ1) is 9.32.